The highest BCUT2D eigenvalue weighted by Gasteiger charge is 2.67. The summed E-state index contributed by atoms with van der Waals surface area (Å²) in [5.74, 6) is -1.56. The minimum Gasteiger partial charge on any atom is -0.395 e. The Labute approximate surface area is 336 Å². The van der Waals surface area contributed by atoms with Gasteiger partial charge in [-0.2, -0.15) is 5.10 Å². The molecule has 1 N–H and O–H groups in total. The number of amides is 2. The van der Waals surface area contributed by atoms with E-state index in [1.165, 1.54) is 17.1 Å². The molecule has 0 radical (unpaired) electrons. The SMILES string of the molecule is C[C@@H]1[C@@H]([Si](C)(C)F)[C@H](CCn2cc(C(CO)c3ccccc3)nn2)O[C@@]12C(=O)N(Cc1ccc(N3N=C(c4ccccc4)CCC3=O)cc1)c1ccc([N+](=O)[O-])cc12. The molecule has 2 amide bonds. The maximum atomic E-state index is 16.5. The number of carbonyl (C=O) groups excluding carboxylic acids is 2. The molecule has 0 saturated carbocycles. The third kappa shape index (κ3) is 7.03. The summed E-state index contributed by atoms with van der Waals surface area (Å²) < 4.78 is 25.0. The number of rotatable bonds is 12. The number of ether oxygens (including phenoxy) is 1. The largest absolute Gasteiger partial charge is 0.395 e. The number of aryl methyl sites for hydroxylation is 1. The van der Waals surface area contributed by atoms with Crippen molar-refractivity contribution in [2.45, 2.75) is 75.5 Å². The van der Waals surface area contributed by atoms with E-state index in [4.69, 9.17) is 4.74 Å². The number of hydrogen-bond donors (Lipinski definition) is 1. The number of nitrogens with zero attached hydrogens (tertiary/aromatic N) is 7. The van der Waals surface area contributed by atoms with Crippen LogP contribution in [0, 0.1) is 16.0 Å². The lowest BCUT2D eigenvalue weighted by Gasteiger charge is -2.31. The second kappa shape index (κ2) is 15.5. The number of carbonyl (C=O) groups is 2. The first-order valence-corrected chi connectivity index (χ1v) is 22.4. The molecule has 4 heterocycles. The number of anilines is 2. The molecule has 1 spiro atoms. The summed E-state index contributed by atoms with van der Waals surface area (Å²) in [4.78, 5) is 41.1. The van der Waals surface area contributed by atoms with Gasteiger partial charge in [0.15, 0.2) is 5.60 Å². The number of nitro groups is 1. The molecule has 0 bridgehead atoms. The van der Waals surface area contributed by atoms with Crippen LogP contribution in [0.15, 0.2) is 114 Å². The van der Waals surface area contributed by atoms with Gasteiger partial charge in [0.2, 0.25) is 14.3 Å². The van der Waals surface area contributed by atoms with E-state index >= 15 is 4.11 Å². The molecule has 3 aliphatic rings. The molecule has 1 saturated heterocycles. The van der Waals surface area contributed by atoms with E-state index in [1.54, 1.807) is 47.1 Å². The molecule has 3 aliphatic heterocycles. The monoisotopic (exact) mass is 801 g/mol. The predicted molar refractivity (Wildman–Crippen MR) is 218 cm³/mol. The van der Waals surface area contributed by atoms with Gasteiger partial charge in [-0.1, -0.05) is 84.9 Å². The molecule has 13 nitrogen and oxygen atoms in total. The zero-order valence-electron chi connectivity index (χ0n) is 32.4. The first kappa shape index (κ1) is 38.9. The number of halogens is 1. The second-order valence-corrected chi connectivity index (χ2v) is 19.5. The highest BCUT2D eigenvalue weighted by Crippen LogP contribution is 2.60. The molecule has 5 aromatic rings. The van der Waals surface area contributed by atoms with Crippen molar-refractivity contribution >= 4 is 43.0 Å². The van der Waals surface area contributed by atoms with Gasteiger partial charge in [0, 0.05) is 54.7 Å². The third-order valence-corrected chi connectivity index (χ3v) is 14.2. The Kier molecular flexibility index (Phi) is 10.4. The third-order valence-electron chi connectivity index (χ3n) is 11.8. The maximum Gasteiger partial charge on any atom is 0.269 e. The zero-order valence-corrected chi connectivity index (χ0v) is 33.4. The van der Waals surface area contributed by atoms with Crippen LogP contribution in [0.5, 0.6) is 0 Å². The van der Waals surface area contributed by atoms with Crippen LogP contribution >= 0.6 is 0 Å². The Morgan fingerprint density at radius 1 is 1.00 bits per heavy atom. The minimum atomic E-state index is -3.53. The molecule has 298 valence electrons. The van der Waals surface area contributed by atoms with Gasteiger partial charge in [-0.05, 0) is 54.4 Å². The number of hydrazone groups is 1. The number of aliphatic hydroxyl groups is 1. The van der Waals surface area contributed by atoms with Crippen molar-refractivity contribution in [1.29, 1.82) is 0 Å². The van der Waals surface area contributed by atoms with Gasteiger partial charge in [-0.3, -0.25) is 24.4 Å². The fraction of sp³-hybridized carbons (Fsp3) is 0.326. The number of nitro benzene ring substituents is 1. The number of benzene rings is 4. The van der Waals surface area contributed by atoms with E-state index in [9.17, 15) is 24.8 Å². The number of aromatic nitrogens is 3. The minimum absolute atomic E-state index is 0.106. The Bertz CT molecular complexity index is 2370. The van der Waals surface area contributed by atoms with Crippen LogP contribution in [0.3, 0.4) is 0 Å². The van der Waals surface area contributed by atoms with Gasteiger partial charge in [-0.15, -0.1) is 5.10 Å². The zero-order chi connectivity index (χ0) is 40.8. The molecule has 1 fully saturated rings. The summed E-state index contributed by atoms with van der Waals surface area (Å²) in [7, 11) is -3.53. The van der Waals surface area contributed by atoms with Gasteiger partial charge >= 0.3 is 0 Å². The summed E-state index contributed by atoms with van der Waals surface area (Å²) in [6.45, 7) is 5.28. The smallest absolute Gasteiger partial charge is 0.269 e. The van der Waals surface area contributed by atoms with E-state index in [-0.39, 0.29) is 30.7 Å². The van der Waals surface area contributed by atoms with E-state index in [2.05, 4.69) is 15.4 Å². The van der Waals surface area contributed by atoms with Crippen LogP contribution in [0.4, 0.5) is 21.2 Å². The number of non-ortho nitro benzene ring substituents is 1. The fourth-order valence-electron chi connectivity index (χ4n) is 8.99. The fourth-order valence-corrected chi connectivity index (χ4v) is 11.5. The molecule has 0 aliphatic carbocycles. The van der Waals surface area contributed by atoms with Crippen molar-refractivity contribution in [2.75, 3.05) is 16.5 Å². The lowest BCUT2D eigenvalue weighted by atomic mass is 9.82. The molecular formula is C43H44FN7O6Si. The van der Waals surface area contributed by atoms with Gasteiger partial charge in [0.25, 0.3) is 11.6 Å². The van der Waals surface area contributed by atoms with Crippen LogP contribution in [0.25, 0.3) is 0 Å². The van der Waals surface area contributed by atoms with Crippen LogP contribution in [0.1, 0.15) is 60.1 Å². The highest BCUT2D eigenvalue weighted by molar-refractivity contribution is 6.72. The molecule has 1 aromatic heterocycles. The molecular weight excluding hydrogens is 758 g/mol. The quantitative estimate of drug-likeness (QED) is 0.0599. The lowest BCUT2D eigenvalue weighted by molar-refractivity contribution is -0.385. The summed E-state index contributed by atoms with van der Waals surface area (Å²) in [6.07, 6.45) is 2.21. The number of hydrogen-bond acceptors (Lipinski definition) is 9. The van der Waals surface area contributed by atoms with E-state index in [0.29, 0.717) is 48.4 Å². The van der Waals surface area contributed by atoms with Crippen molar-refractivity contribution in [3.8, 4) is 0 Å². The summed E-state index contributed by atoms with van der Waals surface area (Å²) in [5, 5.41) is 37.0. The van der Waals surface area contributed by atoms with Crippen LogP contribution in [-0.2, 0) is 33.0 Å². The Morgan fingerprint density at radius 2 is 1.71 bits per heavy atom. The van der Waals surface area contributed by atoms with Gasteiger partial charge in [0.1, 0.15) is 0 Å². The van der Waals surface area contributed by atoms with Crippen molar-refractivity contribution < 1.29 is 28.5 Å². The van der Waals surface area contributed by atoms with Gasteiger partial charge in [0.05, 0.1) is 52.9 Å². The normalized spacial score (nSPS) is 22.4. The topological polar surface area (TPSA) is 156 Å². The Morgan fingerprint density at radius 3 is 2.38 bits per heavy atom. The van der Waals surface area contributed by atoms with Crippen molar-refractivity contribution in [3.05, 3.63) is 147 Å². The Balaban J connectivity index is 1.07. The lowest BCUT2D eigenvalue weighted by Crippen LogP contribution is -2.45. The average Bonchev–Trinajstić information content (AvgIpc) is 3.88. The molecule has 58 heavy (non-hydrogen) atoms. The summed E-state index contributed by atoms with van der Waals surface area (Å²) in [6, 6.07) is 30.8. The molecule has 4 aromatic carbocycles. The van der Waals surface area contributed by atoms with Gasteiger partial charge in [-0.25, -0.2) is 5.01 Å². The average molecular weight is 802 g/mol. The van der Waals surface area contributed by atoms with Crippen molar-refractivity contribution in [2.24, 2.45) is 11.0 Å². The van der Waals surface area contributed by atoms with E-state index in [0.717, 1.165) is 22.4 Å². The van der Waals surface area contributed by atoms with E-state index in [1.807, 2.05) is 79.7 Å². The van der Waals surface area contributed by atoms with Crippen molar-refractivity contribution in [1.82, 2.24) is 15.0 Å². The number of fused-ring (bicyclic) bond motifs is 2. The molecule has 15 heteroatoms. The highest BCUT2D eigenvalue weighted by atomic mass is 28.4. The number of aliphatic hydroxyl groups excluding tert-OH is 1. The molecule has 1 unspecified atom stereocenters. The second-order valence-electron chi connectivity index (χ2n) is 15.7. The van der Waals surface area contributed by atoms with Gasteiger partial charge < -0.3 is 18.9 Å². The Hall–Kier alpha value is -5.90. The summed E-state index contributed by atoms with van der Waals surface area (Å²) in [5.41, 5.74) is 2.89. The van der Waals surface area contributed by atoms with Crippen LogP contribution in [-0.4, -0.2) is 63.7 Å². The summed E-state index contributed by atoms with van der Waals surface area (Å²) >= 11 is 0. The molecule has 8 rings (SSSR count). The molecule has 5 atom stereocenters. The predicted octanol–water partition coefficient (Wildman–Crippen LogP) is 7.25. The first-order valence-electron chi connectivity index (χ1n) is 19.5. The van der Waals surface area contributed by atoms with E-state index < -0.39 is 42.4 Å². The maximum absolute atomic E-state index is 16.5. The first-order chi connectivity index (χ1) is 27.9. The standard InChI is InChI=1S/C43H44FN7O6Si/c1-28-41(58(2,3)44)39(22-23-48-26-37(45-47-48)34(27-52)30-10-6-4-7-11-30)57-43(28)35-24-33(51(55)56)18-20-38(35)49(42(43)54)25-29-14-16-32(17-15-29)50-40(53)21-19-36(46-50)31-12-8-5-9-13-31/h4-18,20,24,26,28,34,39,41,52H,19,21-23,25,27H2,1-3H3/t28-,34?,39+,41-,43+/m1/s1. The van der Waals surface area contributed by atoms with Crippen LogP contribution in [0.2, 0.25) is 18.6 Å². The van der Waals surface area contributed by atoms with Crippen molar-refractivity contribution in [3.63, 3.8) is 0 Å². The van der Waals surface area contributed by atoms with Crippen LogP contribution < -0.4 is 9.91 Å².